The number of amides is 3. The Kier molecular flexibility index (Phi) is 6.64. The third-order valence-electron chi connectivity index (χ3n) is 2.43. The summed E-state index contributed by atoms with van der Waals surface area (Å²) in [5, 5.41) is 14.5. The summed E-state index contributed by atoms with van der Waals surface area (Å²) in [7, 11) is 0. The number of hydrogen-bond donors (Lipinski definition) is 3. The molecule has 2 heterocycles. The van der Waals surface area contributed by atoms with Crippen LogP contribution in [0.2, 0.25) is 0 Å². The summed E-state index contributed by atoms with van der Waals surface area (Å²) in [5.41, 5.74) is 0. The Hall–Kier alpha value is -2.28. The van der Waals surface area contributed by atoms with E-state index in [1.165, 1.54) is 16.7 Å². The lowest BCUT2D eigenvalue weighted by Crippen LogP contribution is -2.43. The standard InChI is InChI=1S/C12H12F3N5O3S2/c13-12(14,15)6-17-9(22)18-8(21)5-24-11-20-19-10(25-11)16-4-7-2-1-3-23-7/h1-3H,4-6H2,(H,16,19)(H2,17,18,21,22). The largest absolute Gasteiger partial charge is 0.467 e. The van der Waals surface area contributed by atoms with Crippen LogP contribution in [0.1, 0.15) is 5.76 Å². The van der Waals surface area contributed by atoms with Crippen molar-refractivity contribution < 1.29 is 27.2 Å². The lowest BCUT2D eigenvalue weighted by molar-refractivity contribution is -0.124. The van der Waals surface area contributed by atoms with E-state index in [4.69, 9.17) is 4.42 Å². The van der Waals surface area contributed by atoms with Crippen LogP contribution >= 0.6 is 23.1 Å². The molecular formula is C12H12F3N5O3S2. The fourth-order valence-corrected chi connectivity index (χ4v) is 2.98. The Bertz CT molecular complexity index is 705. The highest BCUT2D eigenvalue weighted by Gasteiger charge is 2.27. The monoisotopic (exact) mass is 395 g/mol. The zero-order valence-electron chi connectivity index (χ0n) is 12.4. The Morgan fingerprint density at radius 3 is 2.80 bits per heavy atom. The summed E-state index contributed by atoms with van der Waals surface area (Å²) >= 11 is 2.19. The lowest BCUT2D eigenvalue weighted by Gasteiger charge is -2.08. The lowest BCUT2D eigenvalue weighted by atomic mass is 10.4. The summed E-state index contributed by atoms with van der Waals surface area (Å²) < 4.78 is 41.4. The molecule has 0 bridgehead atoms. The number of urea groups is 1. The van der Waals surface area contributed by atoms with Crippen molar-refractivity contribution in [3.63, 3.8) is 0 Å². The number of furan rings is 1. The van der Waals surface area contributed by atoms with Crippen molar-refractivity contribution in [1.29, 1.82) is 0 Å². The Labute approximate surface area is 147 Å². The van der Waals surface area contributed by atoms with Crippen LogP contribution in [-0.2, 0) is 11.3 Å². The summed E-state index contributed by atoms with van der Waals surface area (Å²) in [6.07, 6.45) is -3.00. The molecule has 3 amide bonds. The van der Waals surface area contributed by atoms with Gasteiger partial charge >= 0.3 is 12.2 Å². The second kappa shape index (κ2) is 8.71. The third kappa shape index (κ3) is 7.43. The number of nitrogens with one attached hydrogen (secondary N) is 3. The molecule has 0 aromatic carbocycles. The summed E-state index contributed by atoms with van der Waals surface area (Å²) in [6.45, 7) is -1.09. The number of halogens is 3. The maximum Gasteiger partial charge on any atom is 0.405 e. The van der Waals surface area contributed by atoms with E-state index in [-0.39, 0.29) is 5.75 Å². The van der Waals surface area contributed by atoms with Crippen LogP contribution in [0.4, 0.5) is 23.1 Å². The van der Waals surface area contributed by atoms with Gasteiger partial charge in [-0.3, -0.25) is 10.1 Å². The predicted octanol–water partition coefficient (Wildman–Crippen LogP) is 2.22. The Morgan fingerprint density at radius 1 is 1.32 bits per heavy atom. The first-order chi connectivity index (χ1) is 11.8. The van der Waals surface area contributed by atoms with E-state index in [0.29, 0.717) is 21.8 Å². The minimum absolute atomic E-state index is 0.188. The van der Waals surface area contributed by atoms with Gasteiger partial charge < -0.3 is 15.1 Å². The molecule has 0 aliphatic rings. The number of anilines is 1. The highest BCUT2D eigenvalue weighted by Crippen LogP contribution is 2.25. The molecular weight excluding hydrogens is 383 g/mol. The van der Waals surface area contributed by atoms with Crippen molar-refractivity contribution in [3.8, 4) is 0 Å². The highest BCUT2D eigenvalue weighted by molar-refractivity contribution is 8.01. The van der Waals surface area contributed by atoms with E-state index in [9.17, 15) is 22.8 Å². The molecule has 0 saturated heterocycles. The number of aromatic nitrogens is 2. The Balaban J connectivity index is 1.68. The number of imide groups is 1. The first-order valence-corrected chi connectivity index (χ1v) is 8.49. The van der Waals surface area contributed by atoms with Gasteiger partial charge in [0.25, 0.3) is 0 Å². The number of carbonyl (C=O) groups is 2. The molecule has 25 heavy (non-hydrogen) atoms. The highest BCUT2D eigenvalue weighted by atomic mass is 32.2. The molecule has 0 aliphatic carbocycles. The van der Waals surface area contributed by atoms with Crippen LogP contribution in [0.3, 0.4) is 0 Å². The zero-order chi connectivity index (χ0) is 18.3. The van der Waals surface area contributed by atoms with Crippen LogP contribution in [0.25, 0.3) is 0 Å². The molecule has 2 aromatic heterocycles. The molecule has 0 saturated carbocycles. The Morgan fingerprint density at radius 2 is 2.12 bits per heavy atom. The van der Waals surface area contributed by atoms with E-state index in [1.54, 1.807) is 23.7 Å². The molecule has 8 nitrogen and oxygen atoms in total. The molecule has 3 N–H and O–H groups in total. The van der Waals surface area contributed by atoms with Crippen molar-refractivity contribution in [1.82, 2.24) is 20.8 Å². The molecule has 0 spiro atoms. The molecule has 136 valence electrons. The maximum absolute atomic E-state index is 11.9. The quantitative estimate of drug-likeness (QED) is 0.617. The van der Waals surface area contributed by atoms with Crippen molar-refractivity contribution in [2.75, 3.05) is 17.6 Å². The molecule has 0 radical (unpaired) electrons. The summed E-state index contributed by atoms with van der Waals surface area (Å²) in [4.78, 5) is 22.6. The van der Waals surface area contributed by atoms with E-state index >= 15 is 0 Å². The van der Waals surface area contributed by atoms with Crippen LogP contribution in [0, 0.1) is 0 Å². The average molecular weight is 395 g/mol. The van der Waals surface area contributed by atoms with E-state index < -0.39 is 24.7 Å². The molecule has 2 rings (SSSR count). The average Bonchev–Trinajstić information content (AvgIpc) is 3.20. The maximum atomic E-state index is 11.9. The predicted molar refractivity (Wildman–Crippen MR) is 84.3 cm³/mol. The minimum Gasteiger partial charge on any atom is -0.467 e. The van der Waals surface area contributed by atoms with Crippen molar-refractivity contribution in [2.45, 2.75) is 17.1 Å². The van der Waals surface area contributed by atoms with Crippen LogP contribution in [0.15, 0.2) is 27.2 Å². The van der Waals surface area contributed by atoms with E-state index in [1.807, 2.05) is 0 Å². The van der Waals surface area contributed by atoms with Gasteiger partial charge in [0.15, 0.2) is 4.34 Å². The molecule has 0 fully saturated rings. The van der Waals surface area contributed by atoms with Gasteiger partial charge in [-0.2, -0.15) is 13.2 Å². The van der Waals surface area contributed by atoms with Gasteiger partial charge in [0, 0.05) is 0 Å². The fraction of sp³-hybridized carbons (Fsp3) is 0.333. The number of carbonyl (C=O) groups excluding carboxylic acids is 2. The van der Waals surface area contributed by atoms with Crippen molar-refractivity contribution in [3.05, 3.63) is 24.2 Å². The first-order valence-electron chi connectivity index (χ1n) is 6.69. The van der Waals surface area contributed by atoms with Gasteiger partial charge in [0.1, 0.15) is 12.3 Å². The van der Waals surface area contributed by atoms with Gasteiger partial charge in [-0.15, -0.1) is 10.2 Å². The molecule has 0 unspecified atom stereocenters. The number of alkyl halides is 3. The molecule has 0 atom stereocenters. The SMILES string of the molecule is O=C(CSc1nnc(NCc2ccco2)s1)NC(=O)NCC(F)(F)F. The molecule has 2 aromatic rings. The molecule has 13 heteroatoms. The van der Waals surface area contributed by atoms with Crippen molar-refractivity contribution >= 4 is 40.2 Å². The number of hydrogen-bond acceptors (Lipinski definition) is 8. The van der Waals surface area contributed by atoms with Gasteiger partial charge in [-0.05, 0) is 12.1 Å². The first kappa shape index (κ1) is 19.1. The van der Waals surface area contributed by atoms with Gasteiger partial charge in [0.05, 0.1) is 18.6 Å². The topological polar surface area (TPSA) is 109 Å². The zero-order valence-corrected chi connectivity index (χ0v) is 14.1. The summed E-state index contributed by atoms with van der Waals surface area (Å²) in [6, 6.07) is 2.33. The number of thioether (sulfide) groups is 1. The number of rotatable bonds is 7. The van der Waals surface area contributed by atoms with E-state index in [0.717, 1.165) is 11.8 Å². The fourth-order valence-electron chi connectivity index (χ4n) is 1.43. The van der Waals surface area contributed by atoms with Gasteiger partial charge in [0.2, 0.25) is 11.0 Å². The normalized spacial score (nSPS) is 11.2. The second-order valence-electron chi connectivity index (χ2n) is 4.44. The van der Waals surface area contributed by atoms with Crippen LogP contribution in [0.5, 0.6) is 0 Å². The van der Waals surface area contributed by atoms with Crippen LogP contribution < -0.4 is 16.0 Å². The number of nitrogens with zero attached hydrogens (tertiary/aromatic N) is 2. The van der Waals surface area contributed by atoms with Gasteiger partial charge in [-0.25, -0.2) is 4.79 Å². The minimum atomic E-state index is -4.54. The van der Waals surface area contributed by atoms with Gasteiger partial charge in [-0.1, -0.05) is 23.1 Å². The molecule has 0 aliphatic heterocycles. The summed E-state index contributed by atoms with van der Waals surface area (Å²) in [5.74, 6) is -0.217. The smallest absolute Gasteiger partial charge is 0.405 e. The van der Waals surface area contributed by atoms with E-state index in [2.05, 4.69) is 15.5 Å². The third-order valence-corrected chi connectivity index (χ3v) is 4.44. The van der Waals surface area contributed by atoms with Crippen LogP contribution in [-0.4, -0.2) is 40.6 Å². The second-order valence-corrected chi connectivity index (χ2v) is 6.64. The van der Waals surface area contributed by atoms with Crippen molar-refractivity contribution in [2.24, 2.45) is 0 Å².